The van der Waals surface area contributed by atoms with E-state index in [0.717, 1.165) is 22.8 Å². The van der Waals surface area contributed by atoms with Gasteiger partial charge in [-0.1, -0.05) is 6.07 Å². The zero-order valence-electron chi connectivity index (χ0n) is 9.18. The van der Waals surface area contributed by atoms with Gasteiger partial charge in [0, 0.05) is 6.42 Å². The Kier molecular flexibility index (Phi) is 2.36. The minimum Gasteiger partial charge on any atom is -0.486 e. The molecule has 2 N–H and O–H groups in total. The highest BCUT2D eigenvalue weighted by molar-refractivity contribution is 5.44. The number of oxazole rings is 1. The van der Waals surface area contributed by atoms with Crippen molar-refractivity contribution < 1.29 is 13.9 Å². The fraction of sp³-hybridized carbons (Fsp3) is 0.250. The number of nitrogen functional groups attached to an aromatic ring is 1. The number of nitrogens with zero attached hydrogens (tertiary/aromatic N) is 1. The second-order valence-electron chi connectivity index (χ2n) is 3.83. The Bertz CT molecular complexity index is 536. The first-order chi connectivity index (χ1) is 8.31. The number of nitrogens with two attached hydrogens (primary N) is 1. The number of aromatic nitrogens is 1. The minimum atomic E-state index is 0.192. The van der Waals surface area contributed by atoms with E-state index in [9.17, 15) is 0 Å². The number of ether oxygens (including phenoxy) is 2. The second kappa shape index (κ2) is 4.01. The third-order valence-corrected chi connectivity index (χ3v) is 2.56. The lowest BCUT2D eigenvalue weighted by Gasteiger charge is -2.18. The Morgan fingerprint density at radius 2 is 2.00 bits per heavy atom. The van der Waals surface area contributed by atoms with E-state index in [4.69, 9.17) is 19.6 Å². The van der Waals surface area contributed by atoms with Crippen molar-refractivity contribution >= 4 is 6.01 Å². The smallest absolute Gasteiger partial charge is 0.292 e. The molecular formula is C12H12N2O3. The number of anilines is 1. The first kappa shape index (κ1) is 10.0. The summed E-state index contributed by atoms with van der Waals surface area (Å²) in [4.78, 5) is 4.06. The molecule has 5 heteroatoms. The first-order valence-corrected chi connectivity index (χ1v) is 5.40. The molecule has 0 saturated heterocycles. The lowest BCUT2D eigenvalue weighted by molar-refractivity contribution is 0.171. The molecule has 0 fully saturated rings. The third kappa shape index (κ3) is 2.04. The summed E-state index contributed by atoms with van der Waals surface area (Å²) in [6.07, 6.45) is 2.23. The van der Waals surface area contributed by atoms with Crippen LogP contribution in [0.2, 0.25) is 0 Å². The summed E-state index contributed by atoms with van der Waals surface area (Å²) in [5.74, 6) is 1.57. The van der Waals surface area contributed by atoms with Gasteiger partial charge in [-0.3, -0.25) is 0 Å². The average Bonchev–Trinajstić information content (AvgIpc) is 2.75. The number of hydrogen-bond acceptors (Lipinski definition) is 5. The molecule has 0 saturated carbocycles. The lowest BCUT2D eigenvalue weighted by atomic mass is 10.1. The maximum absolute atomic E-state index is 5.51. The molecule has 0 amide bonds. The van der Waals surface area contributed by atoms with Crippen molar-refractivity contribution in [2.75, 3.05) is 18.9 Å². The maximum Gasteiger partial charge on any atom is 0.292 e. The van der Waals surface area contributed by atoms with Crippen LogP contribution in [0.3, 0.4) is 0 Å². The molecule has 88 valence electrons. The van der Waals surface area contributed by atoms with E-state index in [2.05, 4.69) is 4.98 Å². The molecule has 5 nitrogen and oxygen atoms in total. The molecule has 17 heavy (non-hydrogen) atoms. The van der Waals surface area contributed by atoms with E-state index in [0.29, 0.717) is 19.6 Å². The van der Waals surface area contributed by atoms with E-state index in [-0.39, 0.29) is 6.01 Å². The molecule has 2 aromatic rings. The van der Waals surface area contributed by atoms with Gasteiger partial charge in [-0.2, -0.15) is 4.98 Å². The fourth-order valence-corrected chi connectivity index (χ4v) is 1.81. The topological polar surface area (TPSA) is 70.5 Å². The summed E-state index contributed by atoms with van der Waals surface area (Å²) in [6.45, 7) is 1.19. The number of rotatable bonds is 2. The summed E-state index contributed by atoms with van der Waals surface area (Å²) >= 11 is 0. The van der Waals surface area contributed by atoms with E-state index in [1.807, 2.05) is 18.2 Å². The van der Waals surface area contributed by atoms with Crippen molar-refractivity contribution in [3.63, 3.8) is 0 Å². The second-order valence-corrected chi connectivity index (χ2v) is 3.83. The minimum absolute atomic E-state index is 0.192. The van der Waals surface area contributed by atoms with Gasteiger partial charge in [-0.25, -0.2) is 0 Å². The summed E-state index contributed by atoms with van der Waals surface area (Å²) in [7, 11) is 0. The molecule has 2 heterocycles. The van der Waals surface area contributed by atoms with Crippen molar-refractivity contribution in [3.05, 3.63) is 35.7 Å². The van der Waals surface area contributed by atoms with Gasteiger partial charge in [0.05, 0.1) is 5.69 Å². The van der Waals surface area contributed by atoms with Gasteiger partial charge in [0.15, 0.2) is 11.5 Å². The van der Waals surface area contributed by atoms with Crippen LogP contribution in [-0.2, 0) is 6.42 Å². The summed E-state index contributed by atoms with van der Waals surface area (Å²) in [5.41, 5.74) is 7.31. The van der Waals surface area contributed by atoms with Crippen LogP contribution in [0.1, 0.15) is 11.3 Å². The predicted octanol–water partition coefficient (Wildman–Crippen LogP) is 1.62. The standard InChI is InChI=1S/C12H12N2O3/c13-12-14-9(7-17-12)5-8-1-2-10-11(6-8)16-4-3-15-10/h1-2,6-7H,3-5H2,(H2,13,14). The Balaban J connectivity index is 1.84. The van der Waals surface area contributed by atoms with E-state index in [1.165, 1.54) is 0 Å². The molecule has 1 aromatic carbocycles. The molecule has 0 spiro atoms. The Morgan fingerprint density at radius 1 is 1.18 bits per heavy atom. The molecule has 3 rings (SSSR count). The Morgan fingerprint density at radius 3 is 2.76 bits per heavy atom. The Labute approximate surface area is 98.2 Å². The van der Waals surface area contributed by atoms with Gasteiger partial charge in [0.25, 0.3) is 6.01 Å². The van der Waals surface area contributed by atoms with Gasteiger partial charge in [0.1, 0.15) is 19.5 Å². The molecule has 1 aliphatic rings. The van der Waals surface area contributed by atoms with Crippen molar-refractivity contribution in [1.29, 1.82) is 0 Å². The quantitative estimate of drug-likeness (QED) is 0.851. The van der Waals surface area contributed by atoms with Crippen LogP contribution in [0, 0.1) is 0 Å². The average molecular weight is 232 g/mol. The fourth-order valence-electron chi connectivity index (χ4n) is 1.81. The lowest BCUT2D eigenvalue weighted by Crippen LogP contribution is -2.15. The number of benzene rings is 1. The Hall–Kier alpha value is -2.17. The van der Waals surface area contributed by atoms with Crippen LogP contribution in [0.25, 0.3) is 0 Å². The first-order valence-electron chi connectivity index (χ1n) is 5.40. The van der Waals surface area contributed by atoms with Gasteiger partial charge in [-0.05, 0) is 17.7 Å². The molecule has 1 aliphatic heterocycles. The van der Waals surface area contributed by atoms with Crippen LogP contribution >= 0.6 is 0 Å². The van der Waals surface area contributed by atoms with Crippen molar-refractivity contribution in [1.82, 2.24) is 4.98 Å². The highest BCUT2D eigenvalue weighted by Crippen LogP contribution is 2.31. The zero-order chi connectivity index (χ0) is 11.7. The van der Waals surface area contributed by atoms with Crippen LogP contribution in [0.4, 0.5) is 6.01 Å². The largest absolute Gasteiger partial charge is 0.486 e. The zero-order valence-corrected chi connectivity index (χ0v) is 9.18. The summed E-state index contributed by atoms with van der Waals surface area (Å²) < 4.78 is 15.9. The summed E-state index contributed by atoms with van der Waals surface area (Å²) in [5, 5.41) is 0. The summed E-state index contributed by atoms with van der Waals surface area (Å²) in [6, 6.07) is 6.04. The van der Waals surface area contributed by atoms with Crippen molar-refractivity contribution in [2.24, 2.45) is 0 Å². The highest BCUT2D eigenvalue weighted by atomic mass is 16.6. The van der Waals surface area contributed by atoms with Gasteiger partial charge < -0.3 is 19.6 Å². The third-order valence-electron chi connectivity index (χ3n) is 2.56. The predicted molar refractivity (Wildman–Crippen MR) is 61.2 cm³/mol. The van der Waals surface area contributed by atoms with Crippen LogP contribution in [0.15, 0.2) is 28.9 Å². The SMILES string of the molecule is Nc1nc(Cc2ccc3c(c2)OCCO3)co1. The van der Waals surface area contributed by atoms with Crippen molar-refractivity contribution in [3.8, 4) is 11.5 Å². The van der Waals surface area contributed by atoms with E-state index in [1.54, 1.807) is 6.26 Å². The monoisotopic (exact) mass is 232 g/mol. The van der Waals surface area contributed by atoms with Crippen LogP contribution in [-0.4, -0.2) is 18.2 Å². The molecular weight excluding hydrogens is 220 g/mol. The molecule has 0 aliphatic carbocycles. The normalized spacial score (nSPS) is 13.6. The molecule has 1 aromatic heterocycles. The number of hydrogen-bond donors (Lipinski definition) is 1. The molecule has 0 unspecified atom stereocenters. The van der Waals surface area contributed by atoms with E-state index >= 15 is 0 Å². The maximum atomic E-state index is 5.51. The molecule has 0 atom stereocenters. The van der Waals surface area contributed by atoms with Crippen LogP contribution < -0.4 is 15.2 Å². The van der Waals surface area contributed by atoms with E-state index < -0.39 is 0 Å². The van der Waals surface area contributed by atoms with Gasteiger partial charge >= 0.3 is 0 Å². The van der Waals surface area contributed by atoms with Gasteiger partial charge in [0.2, 0.25) is 0 Å². The van der Waals surface area contributed by atoms with Gasteiger partial charge in [-0.15, -0.1) is 0 Å². The number of fused-ring (bicyclic) bond motifs is 1. The van der Waals surface area contributed by atoms with Crippen molar-refractivity contribution in [2.45, 2.75) is 6.42 Å². The van der Waals surface area contributed by atoms with Crippen LogP contribution in [0.5, 0.6) is 11.5 Å². The molecule has 0 radical (unpaired) electrons. The molecule has 0 bridgehead atoms. The highest BCUT2D eigenvalue weighted by Gasteiger charge is 2.12.